The fraction of sp³-hybridized carbons (Fsp3) is 0.750. The van der Waals surface area contributed by atoms with Gasteiger partial charge in [-0.25, -0.2) is 0 Å². The molecule has 2 aliphatic rings. The molecule has 2 aliphatic heterocycles. The molecule has 0 aromatic heterocycles. The summed E-state index contributed by atoms with van der Waals surface area (Å²) in [7, 11) is 0. The lowest BCUT2D eigenvalue weighted by atomic mass is 9.93. The van der Waals surface area contributed by atoms with Gasteiger partial charge < -0.3 is 15.0 Å². The normalized spacial score (nSPS) is 23.4. The van der Waals surface area contributed by atoms with Gasteiger partial charge in [0.2, 0.25) is 0 Å². The van der Waals surface area contributed by atoms with Gasteiger partial charge in [0.15, 0.2) is 0 Å². The van der Waals surface area contributed by atoms with Crippen molar-refractivity contribution in [3.05, 3.63) is 11.3 Å². The average Bonchev–Trinajstić information content (AvgIpc) is 2.27. The lowest BCUT2D eigenvalue weighted by Crippen LogP contribution is -2.44. The molecule has 0 atom stereocenters. The summed E-state index contributed by atoms with van der Waals surface area (Å²) in [6.07, 6.45) is 0.959. The van der Waals surface area contributed by atoms with Crippen LogP contribution in [0.2, 0.25) is 0 Å². The zero-order chi connectivity index (χ0) is 11.4. The number of allylic oxidation sites excluding steroid dienone is 1. The first-order chi connectivity index (χ1) is 7.86. The van der Waals surface area contributed by atoms with Crippen LogP contribution in [-0.2, 0) is 4.74 Å². The monoisotopic (exact) mass is 221 g/mol. The van der Waals surface area contributed by atoms with E-state index >= 15 is 0 Å². The Hall–Kier alpha value is -1.05. The van der Waals surface area contributed by atoms with Crippen LogP contribution in [0.5, 0.6) is 0 Å². The Labute approximate surface area is 96.9 Å². The third kappa shape index (κ3) is 2.21. The number of rotatable bonds is 3. The van der Waals surface area contributed by atoms with Crippen molar-refractivity contribution in [1.82, 2.24) is 10.2 Å². The maximum atomic E-state index is 9.34. The third-order valence-corrected chi connectivity index (χ3v) is 3.36. The van der Waals surface area contributed by atoms with Gasteiger partial charge >= 0.3 is 0 Å². The fourth-order valence-corrected chi connectivity index (χ4v) is 2.32. The van der Waals surface area contributed by atoms with Gasteiger partial charge in [-0.3, -0.25) is 0 Å². The van der Waals surface area contributed by atoms with Crippen LogP contribution in [0.1, 0.15) is 13.3 Å². The van der Waals surface area contributed by atoms with Crippen LogP contribution < -0.4 is 5.32 Å². The predicted molar refractivity (Wildman–Crippen MR) is 61.7 cm³/mol. The van der Waals surface area contributed by atoms with Crippen molar-refractivity contribution >= 4 is 0 Å². The number of nitrogens with one attached hydrogen (secondary N) is 1. The SMILES string of the molecule is CCC(=C(C#N)N1CCNCC1)C1COC1. The van der Waals surface area contributed by atoms with Gasteiger partial charge in [0.1, 0.15) is 11.8 Å². The van der Waals surface area contributed by atoms with Crippen LogP contribution in [0.25, 0.3) is 0 Å². The summed E-state index contributed by atoms with van der Waals surface area (Å²) in [6, 6.07) is 2.39. The molecule has 16 heavy (non-hydrogen) atoms. The zero-order valence-corrected chi connectivity index (χ0v) is 9.83. The highest BCUT2D eigenvalue weighted by Crippen LogP contribution is 2.27. The summed E-state index contributed by atoms with van der Waals surface area (Å²) in [6.45, 7) is 7.56. The van der Waals surface area contributed by atoms with Gasteiger partial charge in [0.25, 0.3) is 0 Å². The first kappa shape index (κ1) is 11.4. The second-order valence-corrected chi connectivity index (χ2v) is 4.31. The van der Waals surface area contributed by atoms with Gasteiger partial charge in [-0.15, -0.1) is 0 Å². The number of ether oxygens (including phenoxy) is 1. The van der Waals surface area contributed by atoms with E-state index in [2.05, 4.69) is 23.2 Å². The Bertz CT molecular complexity index is 309. The van der Waals surface area contributed by atoms with Crippen LogP contribution in [0.4, 0.5) is 0 Å². The van der Waals surface area contributed by atoms with Gasteiger partial charge in [-0.2, -0.15) is 5.26 Å². The van der Waals surface area contributed by atoms with E-state index in [0.29, 0.717) is 5.92 Å². The molecule has 0 bridgehead atoms. The quantitative estimate of drug-likeness (QED) is 0.714. The number of hydrogen-bond donors (Lipinski definition) is 1. The zero-order valence-electron chi connectivity index (χ0n) is 9.83. The molecule has 0 aliphatic carbocycles. The summed E-state index contributed by atoms with van der Waals surface area (Å²) >= 11 is 0. The van der Waals surface area contributed by atoms with Crippen molar-refractivity contribution in [2.45, 2.75) is 13.3 Å². The molecule has 2 rings (SSSR count). The minimum atomic E-state index is 0.481. The molecule has 0 spiro atoms. The van der Waals surface area contributed by atoms with E-state index in [1.54, 1.807) is 0 Å². The maximum Gasteiger partial charge on any atom is 0.117 e. The van der Waals surface area contributed by atoms with Gasteiger partial charge in [-0.05, 0) is 12.0 Å². The molecule has 0 aromatic carbocycles. The standard InChI is InChI=1S/C12H19N3O/c1-2-11(10-8-16-9-10)12(7-13)15-5-3-14-4-6-15/h10,14H,2-6,8-9H2,1H3. The van der Waals surface area contributed by atoms with E-state index in [4.69, 9.17) is 4.74 Å². The highest BCUT2D eigenvalue weighted by molar-refractivity contribution is 5.29. The van der Waals surface area contributed by atoms with Crippen LogP contribution in [0.3, 0.4) is 0 Å². The molecule has 2 saturated heterocycles. The number of piperazine rings is 1. The number of nitriles is 1. The minimum Gasteiger partial charge on any atom is -0.380 e. The van der Waals surface area contributed by atoms with E-state index in [1.165, 1.54) is 5.57 Å². The molecular formula is C12H19N3O. The van der Waals surface area contributed by atoms with E-state index in [9.17, 15) is 5.26 Å². The molecule has 2 fully saturated rings. The van der Waals surface area contributed by atoms with Crippen molar-refractivity contribution < 1.29 is 4.74 Å². The van der Waals surface area contributed by atoms with E-state index in [1.807, 2.05) is 0 Å². The van der Waals surface area contributed by atoms with Crippen LogP contribution in [-0.4, -0.2) is 44.3 Å². The summed E-state index contributed by atoms with van der Waals surface area (Å²) in [5.74, 6) is 0.481. The third-order valence-electron chi connectivity index (χ3n) is 3.36. The molecule has 4 nitrogen and oxygen atoms in total. The van der Waals surface area contributed by atoms with Gasteiger partial charge in [-0.1, -0.05) is 6.92 Å². The molecule has 88 valence electrons. The van der Waals surface area contributed by atoms with Crippen molar-refractivity contribution in [3.63, 3.8) is 0 Å². The molecule has 0 saturated carbocycles. The molecular weight excluding hydrogens is 202 g/mol. The minimum absolute atomic E-state index is 0.481. The van der Waals surface area contributed by atoms with Crippen LogP contribution in [0, 0.1) is 17.2 Å². The fourth-order valence-electron chi connectivity index (χ4n) is 2.32. The summed E-state index contributed by atoms with van der Waals surface area (Å²) in [4.78, 5) is 2.22. The Morgan fingerprint density at radius 1 is 1.44 bits per heavy atom. The average molecular weight is 221 g/mol. The van der Waals surface area contributed by atoms with Crippen LogP contribution in [0.15, 0.2) is 11.3 Å². The topological polar surface area (TPSA) is 48.3 Å². The molecule has 0 radical (unpaired) electrons. The largest absolute Gasteiger partial charge is 0.380 e. The van der Waals surface area contributed by atoms with E-state index in [-0.39, 0.29) is 0 Å². The molecule has 0 unspecified atom stereocenters. The Kier molecular flexibility index (Phi) is 3.81. The van der Waals surface area contributed by atoms with Crippen LogP contribution >= 0.6 is 0 Å². The number of nitrogens with zero attached hydrogens (tertiary/aromatic N) is 2. The summed E-state index contributed by atoms with van der Waals surface area (Å²) < 4.78 is 5.23. The summed E-state index contributed by atoms with van der Waals surface area (Å²) in [5, 5.41) is 12.6. The molecule has 2 heterocycles. The molecule has 0 amide bonds. The van der Waals surface area contributed by atoms with Crippen molar-refractivity contribution in [1.29, 1.82) is 5.26 Å². The lowest BCUT2D eigenvalue weighted by Gasteiger charge is -2.34. The lowest BCUT2D eigenvalue weighted by molar-refractivity contribution is -0.0156. The predicted octanol–water partition coefficient (Wildman–Crippen LogP) is 0.726. The second-order valence-electron chi connectivity index (χ2n) is 4.31. The number of hydrogen-bond acceptors (Lipinski definition) is 4. The van der Waals surface area contributed by atoms with Gasteiger partial charge in [0.05, 0.1) is 13.2 Å². The first-order valence-corrected chi connectivity index (χ1v) is 6.03. The van der Waals surface area contributed by atoms with Crippen molar-refractivity contribution in [2.75, 3.05) is 39.4 Å². The maximum absolute atomic E-state index is 9.34. The first-order valence-electron chi connectivity index (χ1n) is 6.03. The molecule has 0 aromatic rings. The van der Waals surface area contributed by atoms with E-state index in [0.717, 1.165) is 51.5 Å². The second kappa shape index (κ2) is 5.33. The van der Waals surface area contributed by atoms with Gasteiger partial charge in [0, 0.05) is 32.1 Å². The highest BCUT2D eigenvalue weighted by atomic mass is 16.5. The van der Waals surface area contributed by atoms with E-state index < -0.39 is 0 Å². The van der Waals surface area contributed by atoms with Crippen molar-refractivity contribution in [2.24, 2.45) is 5.92 Å². The Morgan fingerprint density at radius 2 is 2.12 bits per heavy atom. The molecule has 4 heteroatoms. The molecule has 1 N–H and O–H groups in total. The highest BCUT2D eigenvalue weighted by Gasteiger charge is 2.27. The summed E-state index contributed by atoms with van der Waals surface area (Å²) in [5.41, 5.74) is 2.19. The Morgan fingerprint density at radius 3 is 2.56 bits per heavy atom. The smallest absolute Gasteiger partial charge is 0.117 e. The van der Waals surface area contributed by atoms with Crippen molar-refractivity contribution in [3.8, 4) is 6.07 Å². The Balaban J connectivity index is 2.16.